The van der Waals surface area contributed by atoms with Crippen LogP contribution in [0, 0.1) is 12.7 Å². The van der Waals surface area contributed by atoms with Crippen LogP contribution in [0.1, 0.15) is 21.7 Å². The molecule has 0 fully saturated rings. The summed E-state index contributed by atoms with van der Waals surface area (Å²) in [5.74, 6) is -0.233. The van der Waals surface area contributed by atoms with Crippen molar-refractivity contribution in [1.29, 1.82) is 0 Å². The van der Waals surface area contributed by atoms with Crippen LogP contribution in [-0.4, -0.2) is 16.0 Å². The zero-order valence-electron chi connectivity index (χ0n) is 12.4. The van der Waals surface area contributed by atoms with E-state index in [1.807, 2.05) is 0 Å². The van der Waals surface area contributed by atoms with E-state index in [0.29, 0.717) is 22.6 Å². The number of hydrogen-bond donors (Lipinski definition) is 1. The molecule has 3 rings (SSSR count). The fraction of sp³-hybridized carbons (Fsp3) is 0.118. The molecule has 116 valence electrons. The summed E-state index contributed by atoms with van der Waals surface area (Å²) in [6.45, 7) is 1.89. The molecule has 5 nitrogen and oxygen atoms in total. The van der Waals surface area contributed by atoms with Gasteiger partial charge in [-0.2, -0.15) is 0 Å². The van der Waals surface area contributed by atoms with E-state index in [-0.39, 0.29) is 18.3 Å². The van der Waals surface area contributed by atoms with E-state index in [2.05, 4.69) is 15.5 Å². The number of rotatable bonds is 4. The summed E-state index contributed by atoms with van der Waals surface area (Å²) in [6, 6.07) is 9.58. The molecule has 0 unspecified atom stereocenters. The van der Waals surface area contributed by atoms with Crippen LogP contribution < -0.4 is 5.32 Å². The van der Waals surface area contributed by atoms with E-state index >= 15 is 0 Å². The van der Waals surface area contributed by atoms with Gasteiger partial charge in [-0.15, -0.1) is 0 Å². The van der Waals surface area contributed by atoms with E-state index in [9.17, 15) is 9.18 Å². The lowest BCUT2D eigenvalue weighted by Gasteiger charge is -2.06. The first-order valence-electron chi connectivity index (χ1n) is 7.04. The van der Waals surface area contributed by atoms with Crippen LogP contribution in [0.5, 0.6) is 0 Å². The maximum absolute atomic E-state index is 13.2. The minimum Gasteiger partial charge on any atom is -0.360 e. The molecule has 0 spiro atoms. The lowest BCUT2D eigenvalue weighted by atomic mass is 10.1. The topological polar surface area (TPSA) is 68.0 Å². The second kappa shape index (κ2) is 6.39. The van der Waals surface area contributed by atoms with Crippen molar-refractivity contribution in [2.24, 2.45) is 0 Å². The standard InChI is InChI=1S/C17H14FN3O2/c1-11-15(16(21-23-11)13-5-7-19-8-6-13)17(22)20-10-12-3-2-4-14(18)9-12/h2-9H,10H2,1H3,(H,20,22). The van der Waals surface area contributed by atoms with Crippen LogP contribution in [0.2, 0.25) is 0 Å². The predicted molar refractivity (Wildman–Crippen MR) is 82.0 cm³/mol. The van der Waals surface area contributed by atoms with Gasteiger partial charge in [0.1, 0.15) is 22.8 Å². The summed E-state index contributed by atoms with van der Waals surface area (Å²) in [5.41, 5.74) is 2.25. The van der Waals surface area contributed by atoms with Crippen LogP contribution in [0.3, 0.4) is 0 Å². The molecule has 0 radical (unpaired) electrons. The van der Waals surface area contributed by atoms with Crippen LogP contribution in [-0.2, 0) is 6.54 Å². The van der Waals surface area contributed by atoms with Gasteiger partial charge in [0.05, 0.1) is 0 Å². The highest BCUT2D eigenvalue weighted by molar-refractivity contribution is 6.00. The molecule has 1 N–H and O–H groups in total. The maximum Gasteiger partial charge on any atom is 0.257 e. The van der Waals surface area contributed by atoms with Crippen molar-refractivity contribution in [2.75, 3.05) is 0 Å². The first-order chi connectivity index (χ1) is 11.1. The largest absolute Gasteiger partial charge is 0.360 e. The average molecular weight is 311 g/mol. The second-order valence-corrected chi connectivity index (χ2v) is 5.01. The number of aryl methyl sites for hydroxylation is 1. The third kappa shape index (κ3) is 3.26. The van der Waals surface area contributed by atoms with Gasteiger partial charge in [0.15, 0.2) is 0 Å². The number of nitrogens with one attached hydrogen (secondary N) is 1. The SMILES string of the molecule is Cc1onc(-c2ccncc2)c1C(=O)NCc1cccc(F)c1. The van der Waals surface area contributed by atoms with Crippen molar-refractivity contribution < 1.29 is 13.7 Å². The Hall–Kier alpha value is -3.02. The Morgan fingerprint density at radius 2 is 2.04 bits per heavy atom. The Morgan fingerprint density at radius 1 is 1.26 bits per heavy atom. The molecule has 2 aromatic heterocycles. The molecule has 0 atom stereocenters. The predicted octanol–water partition coefficient (Wildman–Crippen LogP) is 3.11. The highest BCUT2D eigenvalue weighted by atomic mass is 19.1. The highest BCUT2D eigenvalue weighted by Gasteiger charge is 2.21. The number of amides is 1. The highest BCUT2D eigenvalue weighted by Crippen LogP contribution is 2.24. The van der Waals surface area contributed by atoms with Crippen molar-refractivity contribution in [1.82, 2.24) is 15.5 Å². The van der Waals surface area contributed by atoms with Crippen molar-refractivity contribution in [2.45, 2.75) is 13.5 Å². The number of pyridine rings is 1. The Balaban J connectivity index is 1.81. The number of carbonyl (C=O) groups is 1. The van der Waals surface area contributed by atoms with Crippen LogP contribution in [0.15, 0.2) is 53.3 Å². The van der Waals surface area contributed by atoms with E-state index in [1.165, 1.54) is 12.1 Å². The van der Waals surface area contributed by atoms with Crippen LogP contribution in [0.25, 0.3) is 11.3 Å². The van der Waals surface area contributed by atoms with Crippen LogP contribution in [0.4, 0.5) is 4.39 Å². The molecule has 1 aromatic carbocycles. The maximum atomic E-state index is 13.2. The minimum absolute atomic E-state index is 0.219. The first kappa shape index (κ1) is 14.9. The minimum atomic E-state index is -0.338. The summed E-state index contributed by atoms with van der Waals surface area (Å²) < 4.78 is 18.3. The average Bonchev–Trinajstić information content (AvgIpc) is 2.95. The lowest BCUT2D eigenvalue weighted by Crippen LogP contribution is -2.23. The Labute approximate surface area is 132 Å². The summed E-state index contributed by atoms with van der Waals surface area (Å²) in [5, 5.41) is 6.71. The molecule has 23 heavy (non-hydrogen) atoms. The molecule has 0 aliphatic carbocycles. The molecule has 0 saturated heterocycles. The number of nitrogens with zero attached hydrogens (tertiary/aromatic N) is 2. The van der Waals surface area contributed by atoms with Gasteiger partial charge in [0, 0.05) is 24.5 Å². The van der Waals surface area contributed by atoms with Crippen molar-refractivity contribution in [3.63, 3.8) is 0 Å². The van der Waals surface area contributed by atoms with E-state index in [4.69, 9.17) is 4.52 Å². The third-order valence-corrected chi connectivity index (χ3v) is 3.39. The fourth-order valence-electron chi connectivity index (χ4n) is 2.26. The van der Waals surface area contributed by atoms with Crippen molar-refractivity contribution >= 4 is 5.91 Å². The number of aromatic nitrogens is 2. The number of halogens is 1. The van der Waals surface area contributed by atoms with E-state index in [0.717, 1.165) is 5.56 Å². The summed E-state index contributed by atoms with van der Waals surface area (Å²) in [4.78, 5) is 16.4. The monoisotopic (exact) mass is 311 g/mol. The molecule has 3 aromatic rings. The quantitative estimate of drug-likeness (QED) is 0.804. The molecular formula is C17H14FN3O2. The Morgan fingerprint density at radius 3 is 2.78 bits per heavy atom. The van der Waals surface area contributed by atoms with E-state index in [1.54, 1.807) is 43.6 Å². The molecule has 0 aliphatic rings. The third-order valence-electron chi connectivity index (χ3n) is 3.39. The molecular weight excluding hydrogens is 297 g/mol. The number of hydrogen-bond acceptors (Lipinski definition) is 4. The smallest absolute Gasteiger partial charge is 0.257 e. The van der Waals surface area contributed by atoms with Gasteiger partial charge >= 0.3 is 0 Å². The normalized spacial score (nSPS) is 10.5. The van der Waals surface area contributed by atoms with Crippen LogP contribution >= 0.6 is 0 Å². The second-order valence-electron chi connectivity index (χ2n) is 5.01. The summed E-state index contributed by atoms with van der Waals surface area (Å²) in [6.07, 6.45) is 3.24. The van der Waals surface area contributed by atoms with E-state index < -0.39 is 0 Å². The molecule has 0 bridgehead atoms. The molecule has 0 saturated carbocycles. The molecule has 1 amide bonds. The lowest BCUT2D eigenvalue weighted by molar-refractivity contribution is 0.0950. The van der Waals surface area contributed by atoms with Gasteiger partial charge in [-0.05, 0) is 36.8 Å². The number of carbonyl (C=O) groups excluding carboxylic acids is 1. The first-order valence-corrected chi connectivity index (χ1v) is 7.04. The Bertz CT molecular complexity index is 831. The zero-order chi connectivity index (χ0) is 16.2. The van der Waals surface area contributed by atoms with Crippen molar-refractivity contribution in [3.8, 4) is 11.3 Å². The molecule has 2 heterocycles. The van der Waals surface area contributed by atoms with Gasteiger partial charge < -0.3 is 9.84 Å². The zero-order valence-corrected chi connectivity index (χ0v) is 12.4. The van der Waals surface area contributed by atoms with Gasteiger partial charge in [0.25, 0.3) is 5.91 Å². The van der Waals surface area contributed by atoms with Gasteiger partial charge in [-0.25, -0.2) is 4.39 Å². The molecule has 6 heteroatoms. The summed E-state index contributed by atoms with van der Waals surface area (Å²) in [7, 11) is 0. The Kier molecular flexibility index (Phi) is 4.14. The fourth-order valence-corrected chi connectivity index (χ4v) is 2.26. The molecule has 0 aliphatic heterocycles. The van der Waals surface area contributed by atoms with Gasteiger partial charge in [-0.3, -0.25) is 9.78 Å². The van der Waals surface area contributed by atoms with Gasteiger partial charge in [0.2, 0.25) is 0 Å². The summed E-state index contributed by atoms with van der Waals surface area (Å²) >= 11 is 0. The number of benzene rings is 1. The van der Waals surface area contributed by atoms with Gasteiger partial charge in [-0.1, -0.05) is 17.3 Å². The van der Waals surface area contributed by atoms with Crippen molar-refractivity contribution in [3.05, 3.63) is 71.5 Å².